The molecule has 0 bridgehead atoms. The molecule has 0 fully saturated rings. The maximum atomic E-state index is 10.4. The van der Waals surface area contributed by atoms with Gasteiger partial charge in [-0.1, -0.05) is 0 Å². The molecule has 0 aromatic carbocycles. The van der Waals surface area contributed by atoms with Crippen molar-refractivity contribution in [1.82, 2.24) is 9.97 Å². The SMILES string of the molecule is NC(=O)c1cccnc1.NC(=O)c1cccnc1.O=C(O)C(O)C(O)C(=O)O. The lowest BCUT2D eigenvalue weighted by atomic mass is 10.2. The van der Waals surface area contributed by atoms with E-state index in [1.54, 1.807) is 36.7 Å². The molecule has 12 heteroatoms. The Bertz CT molecular complexity index is 718. The van der Waals surface area contributed by atoms with Gasteiger partial charge in [-0.25, -0.2) is 9.59 Å². The van der Waals surface area contributed by atoms with Crippen LogP contribution in [0.5, 0.6) is 0 Å². The minimum absolute atomic E-state index is 0.442. The van der Waals surface area contributed by atoms with Gasteiger partial charge in [0, 0.05) is 24.8 Å². The van der Waals surface area contributed by atoms with Crippen LogP contribution in [-0.4, -0.2) is 66.4 Å². The van der Waals surface area contributed by atoms with Gasteiger partial charge in [0.05, 0.1) is 11.1 Å². The number of carbonyl (C=O) groups is 4. The van der Waals surface area contributed by atoms with Crippen molar-refractivity contribution in [2.24, 2.45) is 11.5 Å². The van der Waals surface area contributed by atoms with Crippen molar-refractivity contribution < 1.29 is 39.6 Å². The number of pyridine rings is 2. The lowest BCUT2D eigenvalue weighted by molar-refractivity contribution is -0.165. The molecule has 150 valence electrons. The summed E-state index contributed by atoms with van der Waals surface area (Å²) in [4.78, 5) is 47.7. The van der Waals surface area contributed by atoms with Gasteiger partial charge in [0.1, 0.15) is 0 Å². The fraction of sp³-hybridized carbons (Fsp3) is 0.125. The first kappa shape index (κ1) is 24.1. The van der Waals surface area contributed by atoms with Gasteiger partial charge in [-0.05, 0) is 24.3 Å². The molecule has 0 saturated carbocycles. The molecular weight excluding hydrogens is 376 g/mol. The Hall–Kier alpha value is -3.90. The number of aliphatic hydroxyl groups excluding tert-OH is 2. The van der Waals surface area contributed by atoms with Crippen molar-refractivity contribution >= 4 is 23.8 Å². The van der Waals surface area contributed by atoms with Crippen LogP contribution in [0.1, 0.15) is 20.7 Å². The summed E-state index contributed by atoms with van der Waals surface area (Å²) in [7, 11) is 0. The number of carboxylic acid groups (broad SMARTS) is 2. The molecule has 28 heavy (non-hydrogen) atoms. The number of amides is 2. The zero-order valence-electron chi connectivity index (χ0n) is 14.2. The zero-order valence-corrected chi connectivity index (χ0v) is 14.2. The Balaban J connectivity index is 0.000000391. The Morgan fingerprint density at radius 1 is 0.750 bits per heavy atom. The second kappa shape index (κ2) is 12.5. The average Bonchev–Trinajstić information content (AvgIpc) is 2.69. The Labute approximate surface area is 158 Å². The van der Waals surface area contributed by atoms with Gasteiger partial charge >= 0.3 is 11.9 Å². The fourth-order valence-corrected chi connectivity index (χ4v) is 1.29. The Morgan fingerprint density at radius 3 is 1.21 bits per heavy atom. The van der Waals surface area contributed by atoms with Crippen LogP contribution in [0.3, 0.4) is 0 Å². The Morgan fingerprint density at radius 2 is 1.07 bits per heavy atom. The smallest absolute Gasteiger partial charge is 0.335 e. The van der Waals surface area contributed by atoms with Crippen LogP contribution in [0, 0.1) is 0 Å². The molecule has 2 rings (SSSR count). The highest BCUT2D eigenvalue weighted by Crippen LogP contribution is 1.93. The van der Waals surface area contributed by atoms with Gasteiger partial charge in [0.25, 0.3) is 0 Å². The predicted molar refractivity (Wildman–Crippen MR) is 92.8 cm³/mol. The predicted octanol–water partition coefficient (Wildman–Crippen LogP) is -1.76. The molecule has 0 aliphatic heterocycles. The van der Waals surface area contributed by atoms with Crippen molar-refractivity contribution in [3.05, 3.63) is 60.2 Å². The standard InChI is InChI=1S/2C6H6N2O.C4H6O6/c2*7-6(9)5-2-1-3-8-4-5;5-1(3(7)8)2(6)4(9)10/h2*1-4H,(H2,7,9);1-2,5-6H,(H,7,8)(H,9,10). The number of hydrogen-bond acceptors (Lipinski definition) is 8. The molecule has 2 unspecified atom stereocenters. The second-order valence-electron chi connectivity index (χ2n) is 4.78. The van der Waals surface area contributed by atoms with E-state index in [4.69, 9.17) is 31.9 Å². The summed E-state index contributed by atoms with van der Waals surface area (Å²) in [6.45, 7) is 0. The maximum absolute atomic E-state index is 10.4. The monoisotopic (exact) mass is 394 g/mol. The van der Waals surface area contributed by atoms with Crippen LogP contribution in [0.15, 0.2) is 49.1 Å². The molecule has 2 heterocycles. The number of aromatic nitrogens is 2. The average molecular weight is 394 g/mol. The molecule has 0 spiro atoms. The van der Waals surface area contributed by atoms with Crippen LogP contribution < -0.4 is 11.5 Å². The molecule has 0 saturated heterocycles. The first-order valence-electron chi connectivity index (χ1n) is 7.29. The van der Waals surface area contributed by atoms with Crippen molar-refractivity contribution in [2.75, 3.05) is 0 Å². The van der Waals surface area contributed by atoms with E-state index < -0.39 is 36.0 Å². The molecule has 8 N–H and O–H groups in total. The number of primary amides is 2. The van der Waals surface area contributed by atoms with E-state index in [-0.39, 0.29) is 0 Å². The molecule has 0 aliphatic rings. The highest BCUT2D eigenvalue weighted by molar-refractivity contribution is 5.92. The summed E-state index contributed by atoms with van der Waals surface area (Å²) in [6.07, 6.45) is 1.51. The Kier molecular flexibility index (Phi) is 10.7. The normalized spacial score (nSPS) is 11.4. The van der Waals surface area contributed by atoms with Crippen LogP contribution in [0.25, 0.3) is 0 Å². The summed E-state index contributed by atoms with van der Waals surface area (Å²) >= 11 is 0. The summed E-state index contributed by atoms with van der Waals surface area (Å²) in [5.41, 5.74) is 10.8. The van der Waals surface area contributed by atoms with E-state index in [9.17, 15) is 19.2 Å². The van der Waals surface area contributed by atoms with Gasteiger partial charge in [-0.2, -0.15) is 0 Å². The van der Waals surface area contributed by atoms with Crippen LogP contribution >= 0.6 is 0 Å². The number of nitrogens with two attached hydrogens (primary N) is 2. The highest BCUT2D eigenvalue weighted by atomic mass is 16.4. The van der Waals surface area contributed by atoms with E-state index >= 15 is 0 Å². The number of carboxylic acids is 2. The number of aliphatic carboxylic acids is 2. The fourth-order valence-electron chi connectivity index (χ4n) is 1.29. The minimum atomic E-state index is -2.27. The van der Waals surface area contributed by atoms with E-state index in [2.05, 4.69) is 9.97 Å². The van der Waals surface area contributed by atoms with E-state index in [1.165, 1.54) is 12.4 Å². The molecule has 2 aromatic heterocycles. The second-order valence-corrected chi connectivity index (χ2v) is 4.78. The molecule has 0 aliphatic carbocycles. The van der Waals surface area contributed by atoms with Gasteiger partial charge in [0.2, 0.25) is 11.8 Å². The van der Waals surface area contributed by atoms with Crippen molar-refractivity contribution in [3.8, 4) is 0 Å². The van der Waals surface area contributed by atoms with Crippen LogP contribution in [-0.2, 0) is 9.59 Å². The highest BCUT2D eigenvalue weighted by Gasteiger charge is 2.29. The zero-order chi connectivity index (χ0) is 21.7. The number of aliphatic hydroxyl groups is 2. The summed E-state index contributed by atoms with van der Waals surface area (Å²) in [6, 6.07) is 6.57. The molecule has 0 radical (unpaired) electrons. The van der Waals surface area contributed by atoms with E-state index in [0.29, 0.717) is 11.1 Å². The third-order valence-electron chi connectivity index (χ3n) is 2.70. The summed E-state index contributed by atoms with van der Waals surface area (Å²) in [5, 5.41) is 32.5. The van der Waals surface area contributed by atoms with E-state index in [0.717, 1.165) is 0 Å². The number of nitrogens with zero attached hydrogens (tertiary/aromatic N) is 2. The number of carbonyl (C=O) groups excluding carboxylic acids is 2. The van der Waals surface area contributed by atoms with Crippen molar-refractivity contribution in [1.29, 1.82) is 0 Å². The van der Waals surface area contributed by atoms with Crippen LogP contribution in [0.4, 0.5) is 0 Å². The topological polar surface area (TPSA) is 227 Å². The molecule has 12 nitrogen and oxygen atoms in total. The number of hydrogen-bond donors (Lipinski definition) is 6. The molecular formula is C16H18N4O8. The van der Waals surface area contributed by atoms with Gasteiger partial charge in [-0.3, -0.25) is 19.6 Å². The van der Waals surface area contributed by atoms with Crippen molar-refractivity contribution in [3.63, 3.8) is 0 Å². The van der Waals surface area contributed by atoms with Gasteiger partial charge < -0.3 is 31.9 Å². The largest absolute Gasteiger partial charge is 0.479 e. The summed E-state index contributed by atoms with van der Waals surface area (Å²) < 4.78 is 0. The van der Waals surface area contributed by atoms with Gasteiger partial charge in [-0.15, -0.1) is 0 Å². The first-order chi connectivity index (χ1) is 13.1. The van der Waals surface area contributed by atoms with Crippen molar-refractivity contribution in [2.45, 2.75) is 12.2 Å². The van der Waals surface area contributed by atoms with Gasteiger partial charge in [0.15, 0.2) is 12.2 Å². The maximum Gasteiger partial charge on any atom is 0.335 e. The third-order valence-corrected chi connectivity index (χ3v) is 2.70. The molecule has 2 amide bonds. The molecule has 2 aromatic rings. The summed E-state index contributed by atoms with van der Waals surface area (Å²) in [5.74, 6) is -4.42. The lowest BCUT2D eigenvalue weighted by Crippen LogP contribution is -2.39. The lowest BCUT2D eigenvalue weighted by Gasteiger charge is -2.07. The molecule has 2 atom stereocenters. The van der Waals surface area contributed by atoms with Crippen LogP contribution in [0.2, 0.25) is 0 Å². The van der Waals surface area contributed by atoms with E-state index in [1.807, 2.05) is 0 Å². The minimum Gasteiger partial charge on any atom is -0.479 e. The first-order valence-corrected chi connectivity index (χ1v) is 7.29. The number of rotatable bonds is 5. The quantitative estimate of drug-likeness (QED) is 0.334. The third kappa shape index (κ3) is 9.55.